The maximum absolute atomic E-state index is 13.2. The number of aryl methyl sites for hydroxylation is 2. The molecular formula is C10H11F2NO. The van der Waals surface area contributed by atoms with Crippen LogP contribution in [0.4, 0.5) is 8.78 Å². The summed E-state index contributed by atoms with van der Waals surface area (Å²) in [6, 6.07) is 4.35. The van der Waals surface area contributed by atoms with Gasteiger partial charge in [-0.15, -0.1) is 0 Å². The molecule has 2 nitrogen and oxygen atoms in total. The highest BCUT2D eigenvalue weighted by Gasteiger charge is 2.39. The number of carbonyl (C=O) groups is 1. The summed E-state index contributed by atoms with van der Waals surface area (Å²) in [5.74, 6) is -5.21. The summed E-state index contributed by atoms with van der Waals surface area (Å²) in [7, 11) is 0. The Kier molecular flexibility index (Phi) is 2.55. The van der Waals surface area contributed by atoms with Gasteiger partial charge in [0.1, 0.15) is 0 Å². The zero-order valence-electron chi connectivity index (χ0n) is 7.97. The van der Waals surface area contributed by atoms with Gasteiger partial charge >= 0.3 is 5.92 Å². The lowest BCUT2D eigenvalue weighted by Gasteiger charge is -2.15. The van der Waals surface area contributed by atoms with Crippen molar-refractivity contribution < 1.29 is 13.6 Å². The van der Waals surface area contributed by atoms with E-state index in [1.54, 1.807) is 13.0 Å². The second kappa shape index (κ2) is 3.36. The molecule has 0 aliphatic rings. The lowest BCUT2D eigenvalue weighted by molar-refractivity contribution is -0.143. The van der Waals surface area contributed by atoms with Crippen LogP contribution in [0.25, 0.3) is 0 Å². The molecular weight excluding hydrogens is 188 g/mol. The number of benzene rings is 1. The SMILES string of the molecule is Cc1ccc(C(F)(F)C(N)=O)c(C)c1. The third kappa shape index (κ3) is 1.73. The predicted octanol–water partition coefficient (Wildman–Crippen LogP) is 1.88. The molecule has 0 unspecified atom stereocenters. The molecule has 0 aliphatic carbocycles. The van der Waals surface area contributed by atoms with Crippen molar-refractivity contribution in [1.29, 1.82) is 0 Å². The van der Waals surface area contributed by atoms with Crippen molar-refractivity contribution >= 4 is 5.91 Å². The molecule has 0 fully saturated rings. The van der Waals surface area contributed by atoms with Crippen molar-refractivity contribution in [2.45, 2.75) is 19.8 Å². The molecule has 0 spiro atoms. The highest BCUT2D eigenvalue weighted by molar-refractivity contribution is 5.83. The molecule has 1 rings (SSSR count). The quantitative estimate of drug-likeness (QED) is 0.776. The molecule has 0 radical (unpaired) electrons. The van der Waals surface area contributed by atoms with Crippen LogP contribution < -0.4 is 5.73 Å². The molecule has 0 bridgehead atoms. The van der Waals surface area contributed by atoms with E-state index >= 15 is 0 Å². The fourth-order valence-corrected chi connectivity index (χ4v) is 1.30. The van der Waals surface area contributed by atoms with Gasteiger partial charge in [0.25, 0.3) is 5.91 Å². The van der Waals surface area contributed by atoms with Crippen LogP contribution in [0.2, 0.25) is 0 Å². The molecule has 1 aromatic rings. The van der Waals surface area contributed by atoms with Gasteiger partial charge in [-0.3, -0.25) is 4.79 Å². The van der Waals surface area contributed by atoms with Gasteiger partial charge in [0.15, 0.2) is 0 Å². The van der Waals surface area contributed by atoms with Gasteiger partial charge in [-0.25, -0.2) is 0 Å². The first kappa shape index (κ1) is 10.6. The minimum atomic E-state index is -3.59. The third-order valence-corrected chi connectivity index (χ3v) is 2.03. The van der Waals surface area contributed by atoms with E-state index < -0.39 is 11.8 Å². The Hall–Kier alpha value is -1.45. The Bertz CT molecular complexity index is 374. The van der Waals surface area contributed by atoms with E-state index in [9.17, 15) is 13.6 Å². The number of carbonyl (C=O) groups excluding carboxylic acids is 1. The van der Waals surface area contributed by atoms with E-state index in [0.717, 1.165) is 5.56 Å². The van der Waals surface area contributed by atoms with Crippen molar-refractivity contribution in [3.8, 4) is 0 Å². The van der Waals surface area contributed by atoms with Gasteiger partial charge in [-0.2, -0.15) is 8.78 Å². The highest BCUT2D eigenvalue weighted by Crippen LogP contribution is 2.30. The van der Waals surface area contributed by atoms with E-state index in [2.05, 4.69) is 5.73 Å². The van der Waals surface area contributed by atoms with Crippen molar-refractivity contribution in [3.05, 3.63) is 34.9 Å². The molecule has 0 heterocycles. The first-order valence-corrected chi connectivity index (χ1v) is 4.11. The summed E-state index contributed by atoms with van der Waals surface area (Å²) in [5, 5.41) is 0. The molecule has 4 heteroatoms. The second-order valence-corrected chi connectivity index (χ2v) is 3.26. The number of hydrogen-bond donors (Lipinski definition) is 1. The molecule has 0 aromatic heterocycles. The van der Waals surface area contributed by atoms with Gasteiger partial charge in [0.2, 0.25) is 0 Å². The van der Waals surface area contributed by atoms with Crippen LogP contribution in [0.5, 0.6) is 0 Å². The maximum atomic E-state index is 13.2. The fourth-order valence-electron chi connectivity index (χ4n) is 1.30. The summed E-state index contributed by atoms with van der Waals surface area (Å²) in [4.78, 5) is 10.5. The first-order valence-electron chi connectivity index (χ1n) is 4.11. The average Bonchev–Trinajstić information content (AvgIpc) is 2.02. The van der Waals surface area contributed by atoms with Crippen molar-refractivity contribution in [3.63, 3.8) is 0 Å². The van der Waals surface area contributed by atoms with E-state index in [1.807, 2.05) is 0 Å². The number of hydrogen-bond acceptors (Lipinski definition) is 1. The van der Waals surface area contributed by atoms with Crippen LogP contribution in [0, 0.1) is 13.8 Å². The molecule has 0 saturated heterocycles. The summed E-state index contributed by atoms with van der Waals surface area (Å²) in [6.45, 7) is 3.32. The van der Waals surface area contributed by atoms with Crippen LogP contribution >= 0.6 is 0 Å². The normalized spacial score (nSPS) is 11.4. The number of nitrogens with two attached hydrogens (primary N) is 1. The zero-order valence-corrected chi connectivity index (χ0v) is 7.97. The minimum Gasteiger partial charge on any atom is -0.364 e. The predicted molar refractivity (Wildman–Crippen MR) is 49.0 cm³/mol. The molecule has 0 aliphatic heterocycles. The first-order chi connectivity index (χ1) is 6.35. The standard InChI is InChI=1S/C10H11F2NO/c1-6-3-4-8(7(2)5-6)10(11,12)9(13)14/h3-5H,1-2H3,(H2,13,14). The van der Waals surface area contributed by atoms with Crippen molar-refractivity contribution in [2.24, 2.45) is 5.73 Å². The van der Waals surface area contributed by atoms with Gasteiger partial charge in [-0.05, 0) is 19.4 Å². The second-order valence-electron chi connectivity index (χ2n) is 3.26. The van der Waals surface area contributed by atoms with E-state index in [4.69, 9.17) is 0 Å². The van der Waals surface area contributed by atoms with Crippen LogP contribution in [0.3, 0.4) is 0 Å². The largest absolute Gasteiger partial charge is 0.364 e. The lowest BCUT2D eigenvalue weighted by atomic mass is 10.00. The Morgan fingerprint density at radius 3 is 2.36 bits per heavy atom. The van der Waals surface area contributed by atoms with Gasteiger partial charge < -0.3 is 5.73 Å². The Labute approximate surface area is 80.7 Å². The fraction of sp³-hybridized carbons (Fsp3) is 0.300. The van der Waals surface area contributed by atoms with Crippen LogP contribution in [-0.4, -0.2) is 5.91 Å². The molecule has 0 atom stereocenters. The number of alkyl halides is 2. The Morgan fingerprint density at radius 2 is 1.93 bits per heavy atom. The molecule has 76 valence electrons. The van der Waals surface area contributed by atoms with Gasteiger partial charge in [0, 0.05) is 5.56 Å². The third-order valence-electron chi connectivity index (χ3n) is 2.03. The topological polar surface area (TPSA) is 43.1 Å². The maximum Gasteiger partial charge on any atom is 0.349 e. The van der Waals surface area contributed by atoms with Gasteiger partial charge in [-0.1, -0.05) is 23.8 Å². The van der Waals surface area contributed by atoms with E-state index in [0.29, 0.717) is 5.56 Å². The zero-order chi connectivity index (χ0) is 10.9. The van der Waals surface area contributed by atoms with Gasteiger partial charge in [0.05, 0.1) is 0 Å². The van der Waals surface area contributed by atoms with Crippen molar-refractivity contribution in [1.82, 2.24) is 0 Å². The molecule has 14 heavy (non-hydrogen) atoms. The number of amides is 1. The smallest absolute Gasteiger partial charge is 0.349 e. The number of primary amides is 1. The molecule has 2 N–H and O–H groups in total. The minimum absolute atomic E-state index is 0.324. The summed E-state index contributed by atoms with van der Waals surface area (Å²) in [5.41, 5.74) is 5.53. The molecule has 1 aromatic carbocycles. The average molecular weight is 199 g/mol. The monoisotopic (exact) mass is 199 g/mol. The number of halogens is 2. The molecule has 1 amide bonds. The van der Waals surface area contributed by atoms with Crippen molar-refractivity contribution in [2.75, 3.05) is 0 Å². The van der Waals surface area contributed by atoms with E-state index in [-0.39, 0.29) is 5.56 Å². The summed E-state index contributed by atoms with van der Waals surface area (Å²) in [6.07, 6.45) is 0. The summed E-state index contributed by atoms with van der Waals surface area (Å²) >= 11 is 0. The number of rotatable bonds is 2. The Balaban J connectivity index is 3.26. The van der Waals surface area contributed by atoms with E-state index in [1.165, 1.54) is 19.1 Å². The Morgan fingerprint density at radius 1 is 1.36 bits per heavy atom. The lowest BCUT2D eigenvalue weighted by Crippen LogP contribution is -2.33. The van der Waals surface area contributed by atoms with Crippen LogP contribution in [0.1, 0.15) is 16.7 Å². The van der Waals surface area contributed by atoms with Crippen LogP contribution in [0.15, 0.2) is 18.2 Å². The highest BCUT2D eigenvalue weighted by atomic mass is 19.3. The summed E-state index contributed by atoms with van der Waals surface area (Å²) < 4.78 is 26.4. The van der Waals surface area contributed by atoms with Crippen LogP contribution in [-0.2, 0) is 10.7 Å². The molecule has 0 saturated carbocycles.